The van der Waals surface area contributed by atoms with Gasteiger partial charge in [-0.2, -0.15) is 5.10 Å². The fourth-order valence-electron chi connectivity index (χ4n) is 3.45. The third-order valence-electron chi connectivity index (χ3n) is 5.15. The normalized spacial score (nSPS) is 10.8. The van der Waals surface area contributed by atoms with E-state index in [1.54, 1.807) is 22.9 Å². The molecule has 150 valence electrons. The van der Waals surface area contributed by atoms with Gasteiger partial charge in [0, 0.05) is 11.1 Å². The second-order valence-electron chi connectivity index (χ2n) is 7.19. The van der Waals surface area contributed by atoms with Gasteiger partial charge in [-0.15, -0.1) is 0 Å². The number of nitrogens with one attached hydrogen (secondary N) is 1. The molecule has 4 aromatic rings. The molecule has 1 aromatic heterocycles. The van der Waals surface area contributed by atoms with Crippen LogP contribution in [-0.4, -0.2) is 15.7 Å². The van der Waals surface area contributed by atoms with E-state index in [0.717, 1.165) is 16.8 Å². The molecule has 0 aliphatic heterocycles. The summed E-state index contributed by atoms with van der Waals surface area (Å²) < 4.78 is 15.7. The minimum atomic E-state index is -0.269. The van der Waals surface area contributed by atoms with E-state index in [4.69, 9.17) is 0 Å². The summed E-state index contributed by atoms with van der Waals surface area (Å²) in [4.78, 5) is 12.8. The van der Waals surface area contributed by atoms with Crippen LogP contribution in [0.1, 0.15) is 27.3 Å². The lowest BCUT2D eigenvalue weighted by molar-refractivity contribution is 0.102. The van der Waals surface area contributed by atoms with Crippen LogP contribution in [0.3, 0.4) is 0 Å². The topological polar surface area (TPSA) is 46.9 Å². The first-order chi connectivity index (χ1) is 14.5. The largest absolute Gasteiger partial charge is 0.319 e. The van der Waals surface area contributed by atoms with Crippen LogP contribution in [-0.2, 0) is 6.54 Å². The first-order valence-corrected chi connectivity index (χ1v) is 9.77. The highest BCUT2D eigenvalue weighted by Gasteiger charge is 2.16. The molecule has 1 N–H and O–H groups in total. The van der Waals surface area contributed by atoms with Crippen molar-refractivity contribution in [1.82, 2.24) is 9.78 Å². The summed E-state index contributed by atoms with van der Waals surface area (Å²) in [7, 11) is 0. The summed E-state index contributed by atoms with van der Waals surface area (Å²) in [6, 6.07) is 24.1. The molecule has 0 aliphatic carbocycles. The monoisotopic (exact) mass is 399 g/mol. The highest BCUT2D eigenvalue weighted by atomic mass is 19.1. The van der Waals surface area contributed by atoms with Gasteiger partial charge in [0.2, 0.25) is 0 Å². The van der Waals surface area contributed by atoms with Gasteiger partial charge in [0.1, 0.15) is 5.82 Å². The van der Waals surface area contributed by atoms with Crippen molar-refractivity contribution >= 4 is 11.6 Å². The number of aromatic nitrogens is 2. The molecule has 0 fully saturated rings. The van der Waals surface area contributed by atoms with E-state index in [2.05, 4.69) is 10.4 Å². The summed E-state index contributed by atoms with van der Waals surface area (Å²) in [6.45, 7) is 4.01. The molecule has 3 aromatic carbocycles. The molecule has 0 spiro atoms. The highest BCUT2D eigenvalue weighted by Crippen LogP contribution is 2.23. The lowest BCUT2D eigenvalue weighted by atomic mass is 10.0. The highest BCUT2D eigenvalue weighted by molar-refractivity contribution is 6.05. The molecule has 1 amide bonds. The van der Waals surface area contributed by atoms with Gasteiger partial charge in [-0.3, -0.25) is 9.48 Å². The number of benzene rings is 3. The zero-order chi connectivity index (χ0) is 21.1. The lowest BCUT2D eigenvalue weighted by Gasteiger charge is -2.09. The van der Waals surface area contributed by atoms with Crippen LogP contribution in [0.2, 0.25) is 0 Å². The van der Waals surface area contributed by atoms with E-state index in [1.807, 2.05) is 68.4 Å². The Labute approximate surface area is 175 Å². The number of carbonyl (C=O) groups is 1. The fourth-order valence-corrected chi connectivity index (χ4v) is 3.45. The maximum Gasteiger partial charge on any atom is 0.255 e. The molecular formula is C25H22FN3O. The van der Waals surface area contributed by atoms with Crippen LogP contribution in [0, 0.1) is 19.7 Å². The molecule has 1 heterocycles. The average Bonchev–Trinajstić information content (AvgIpc) is 3.03. The van der Waals surface area contributed by atoms with Crippen LogP contribution in [0.4, 0.5) is 10.1 Å². The number of aryl methyl sites for hydroxylation is 1. The Bertz CT molecular complexity index is 1180. The summed E-state index contributed by atoms with van der Waals surface area (Å²) in [5.41, 5.74) is 5.40. The smallest absolute Gasteiger partial charge is 0.255 e. The summed E-state index contributed by atoms with van der Waals surface area (Å²) in [6.07, 6.45) is 0. The van der Waals surface area contributed by atoms with E-state index in [0.29, 0.717) is 29.1 Å². The van der Waals surface area contributed by atoms with Crippen LogP contribution in [0.15, 0.2) is 78.9 Å². The SMILES string of the molecule is Cc1nn(Cc2ccccc2F)c(C)c1NC(=O)c1ccc(-c2ccccc2)cc1. The number of nitrogens with zero attached hydrogens (tertiary/aromatic N) is 2. The molecule has 4 nitrogen and oxygen atoms in total. The summed E-state index contributed by atoms with van der Waals surface area (Å²) in [5.74, 6) is -0.472. The van der Waals surface area contributed by atoms with Crippen molar-refractivity contribution in [2.45, 2.75) is 20.4 Å². The molecule has 5 heteroatoms. The molecule has 0 saturated carbocycles. The second kappa shape index (κ2) is 8.33. The second-order valence-corrected chi connectivity index (χ2v) is 7.19. The molecule has 0 aliphatic rings. The maximum atomic E-state index is 14.0. The van der Waals surface area contributed by atoms with Crippen LogP contribution in [0.25, 0.3) is 11.1 Å². The Hall–Kier alpha value is -3.73. The summed E-state index contributed by atoms with van der Waals surface area (Å²) in [5, 5.41) is 7.44. The number of hydrogen-bond donors (Lipinski definition) is 1. The Morgan fingerprint density at radius 2 is 1.53 bits per heavy atom. The third-order valence-corrected chi connectivity index (χ3v) is 5.15. The number of halogens is 1. The van der Waals surface area contributed by atoms with Crippen LogP contribution >= 0.6 is 0 Å². The lowest BCUT2D eigenvalue weighted by Crippen LogP contribution is -2.13. The molecule has 0 bridgehead atoms. The zero-order valence-corrected chi connectivity index (χ0v) is 16.9. The molecule has 0 saturated heterocycles. The van der Waals surface area contributed by atoms with Gasteiger partial charge in [0.15, 0.2) is 0 Å². The summed E-state index contributed by atoms with van der Waals surface area (Å²) >= 11 is 0. The van der Waals surface area contributed by atoms with E-state index in [9.17, 15) is 9.18 Å². The van der Waals surface area contributed by atoms with Crippen molar-refractivity contribution in [2.24, 2.45) is 0 Å². The minimum Gasteiger partial charge on any atom is -0.319 e. The molecular weight excluding hydrogens is 377 g/mol. The number of anilines is 1. The van der Waals surface area contributed by atoms with Crippen LogP contribution < -0.4 is 5.32 Å². The van der Waals surface area contributed by atoms with Gasteiger partial charge in [0.25, 0.3) is 5.91 Å². The van der Waals surface area contributed by atoms with Gasteiger partial charge >= 0.3 is 0 Å². The molecule has 0 atom stereocenters. The number of carbonyl (C=O) groups excluding carboxylic acids is 1. The van der Waals surface area contributed by atoms with E-state index < -0.39 is 0 Å². The maximum absolute atomic E-state index is 14.0. The Kier molecular flexibility index (Phi) is 5.44. The predicted octanol–water partition coefficient (Wildman–Crippen LogP) is 5.61. The van der Waals surface area contributed by atoms with Crippen molar-refractivity contribution in [3.8, 4) is 11.1 Å². The van der Waals surface area contributed by atoms with Gasteiger partial charge in [0.05, 0.1) is 23.6 Å². The first-order valence-electron chi connectivity index (χ1n) is 9.77. The fraction of sp³-hybridized carbons (Fsp3) is 0.120. The zero-order valence-electron chi connectivity index (χ0n) is 16.9. The van der Waals surface area contributed by atoms with E-state index >= 15 is 0 Å². The Morgan fingerprint density at radius 1 is 0.900 bits per heavy atom. The van der Waals surface area contributed by atoms with Crippen molar-refractivity contribution < 1.29 is 9.18 Å². The Balaban J connectivity index is 1.52. The number of rotatable bonds is 5. The third kappa shape index (κ3) is 4.01. The van der Waals surface area contributed by atoms with E-state index in [1.165, 1.54) is 6.07 Å². The number of hydrogen-bond acceptors (Lipinski definition) is 2. The van der Waals surface area contributed by atoms with Gasteiger partial charge in [-0.1, -0.05) is 60.7 Å². The van der Waals surface area contributed by atoms with Crippen molar-refractivity contribution in [2.75, 3.05) is 5.32 Å². The van der Waals surface area contributed by atoms with Gasteiger partial charge in [-0.25, -0.2) is 4.39 Å². The molecule has 0 radical (unpaired) electrons. The Morgan fingerprint density at radius 3 is 2.23 bits per heavy atom. The first kappa shape index (κ1) is 19.6. The van der Waals surface area contributed by atoms with E-state index in [-0.39, 0.29) is 11.7 Å². The quantitative estimate of drug-likeness (QED) is 0.474. The van der Waals surface area contributed by atoms with Crippen molar-refractivity contribution in [3.63, 3.8) is 0 Å². The predicted molar refractivity (Wildman–Crippen MR) is 117 cm³/mol. The number of amides is 1. The van der Waals surface area contributed by atoms with Gasteiger partial charge < -0.3 is 5.32 Å². The molecule has 30 heavy (non-hydrogen) atoms. The van der Waals surface area contributed by atoms with Crippen molar-refractivity contribution in [3.05, 3.63) is 107 Å². The van der Waals surface area contributed by atoms with Crippen molar-refractivity contribution in [1.29, 1.82) is 0 Å². The van der Waals surface area contributed by atoms with Gasteiger partial charge in [-0.05, 0) is 43.2 Å². The van der Waals surface area contributed by atoms with Crippen LogP contribution in [0.5, 0.6) is 0 Å². The standard InChI is InChI=1S/C25H22FN3O/c1-17-24(18(2)29(28-17)16-22-10-6-7-11-23(22)26)27-25(30)21-14-12-20(13-15-21)19-8-4-3-5-9-19/h3-15H,16H2,1-2H3,(H,27,30). The minimum absolute atomic E-state index is 0.203. The molecule has 4 rings (SSSR count). The average molecular weight is 399 g/mol. The molecule has 0 unspecified atom stereocenters.